The summed E-state index contributed by atoms with van der Waals surface area (Å²) in [5.41, 5.74) is 1.56. The topological polar surface area (TPSA) is 124 Å². The summed E-state index contributed by atoms with van der Waals surface area (Å²) < 4.78 is 0. The lowest BCUT2D eigenvalue weighted by molar-refractivity contribution is -0.139. The van der Waals surface area contributed by atoms with Gasteiger partial charge in [-0.3, -0.25) is 24.1 Å². The molecule has 2 aromatic carbocycles. The molecule has 8 heteroatoms. The van der Waals surface area contributed by atoms with Crippen LogP contribution in [0.2, 0.25) is 0 Å². The van der Waals surface area contributed by atoms with Gasteiger partial charge in [-0.05, 0) is 55.7 Å². The summed E-state index contributed by atoms with van der Waals surface area (Å²) in [6.45, 7) is -0.469. The zero-order chi connectivity index (χ0) is 26.4. The van der Waals surface area contributed by atoms with Gasteiger partial charge in [-0.25, -0.2) is 0 Å². The molecule has 0 spiro atoms. The fraction of sp³-hybridized carbons (Fsp3) is 0.448. The van der Waals surface area contributed by atoms with Crippen molar-refractivity contribution in [3.8, 4) is 0 Å². The second kappa shape index (κ2) is 11.6. The Morgan fingerprint density at radius 2 is 1.68 bits per heavy atom. The number of hydrogen-bond acceptors (Lipinski definition) is 4. The Bertz CT molecular complexity index is 1140. The molecule has 37 heavy (non-hydrogen) atoms. The van der Waals surface area contributed by atoms with Crippen LogP contribution in [0.3, 0.4) is 0 Å². The van der Waals surface area contributed by atoms with E-state index < -0.39 is 41.8 Å². The number of benzene rings is 2. The lowest BCUT2D eigenvalue weighted by Crippen LogP contribution is -2.52. The fourth-order valence-corrected chi connectivity index (χ4v) is 5.86. The Kier molecular flexibility index (Phi) is 8.26. The van der Waals surface area contributed by atoms with Crippen LogP contribution in [0.25, 0.3) is 0 Å². The minimum atomic E-state index is -1.12. The normalized spacial score (nSPS) is 19.5. The summed E-state index contributed by atoms with van der Waals surface area (Å²) in [5, 5.41) is 22.2. The first kappa shape index (κ1) is 26.4. The zero-order valence-corrected chi connectivity index (χ0v) is 20.9. The largest absolute Gasteiger partial charge is 0.481 e. The van der Waals surface area contributed by atoms with Crippen molar-refractivity contribution in [3.05, 3.63) is 65.7 Å². The molecule has 1 heterocycles. The molecule has 0 saturated heterocycles. The van der Waals surface area contributed by atoms with Crippen molar-refractivity contribution in [2.45, 2.75) is 69.7 Å². The first-order chi connectivity index (χ1) is 17.8. The van der Waals surface area contributed by atoms with Crippen molar-refractivity contribution in [1.82, 2.24) is 5.32 Å². The number of amides is 2. The van der Waals surface area contributed by atoms with Crippen LogP contribution in [0, 0.1) is 5.41 Å². The Morgan fingerprint density at radius 3 is 2.35 bits per heavy atom. The average molecular weight is 507 g/mol. The zero-order valence-electron chi connectivity index (χ0n) is 20.9. The van der Waals surface area contributed by atoms with Crippen molar-refractivity contribution in [2.24, 2.45) is 5.41 Å². The molecule has 0 aromatic heterocycles. The molecule has 4 rings (SSSR count). The molecule has 3 N–H and O–H groups in total. The number of aryl methyl sites for hydroxylation is 1. The second-order valence-corrected chi connectivity index (χ2v) is 10.2. The predicted molar refractivity (Wildman–Crippen MR) is 138 cm³/mol. The predicted octanol–water partition coefficient (Wildman–Crippen LogP) is 4.13. The molecule has 2 amide bonds. The number of hydrogen-bond donors (Lipinski definition) is 3. The van der Waals surface area contributed by atoms with Crippen molar-refractivity contribution in [2.75, 3.05) is 11.4 Å². The lowest BCUT2D eigenvalue weighted by Gasteiger charge is -2.31. The van der Waals surface area contributed by atoms with Gasteiger partial charge in [0.15, 0.2) is 0 Å². The van der Waals surface area contributed by atoms with Gasteiger partial charge >= 0.3 is 11.9 Å². The van der Waals surface area contributed by atoms with Gasteiger partial charge in [0.05, 0.1) is 5.92 Å². The summed E-state index contributed by atoms with van der Waals surface area (Å²) in [6.07, 6.45) is 5.70. The fourth-order valence-electron chi connectivity index (χ4n) is 5.86. The minimum absolute atomic E-state index is 0.184. The maximum Gasteiger partial charge on any atom is 0.323 e. The van der Waals surface area contributed by atoms with Gasteiger partial charge in [0.25, 0.3) is 0 Å². The summed E-state index contributed by atoms with van der Waals surface area (Å²) in [4.78, 5) is 51.8. The van der Waals surface area contributed by atoms with E-state index in [0.717, 1.165) is 24.0 Å². The van der Waals surface area contributed by atoms with Crippen LogP contribution in [-0.4, -0.2) is 46.6 Å². The second-order valence-electron chi connectivity index (χ2n) is 10.2. The van der Waals surface area contributed by atoms with Crippen molar-refractivity contribution in [3.63, 3.8) is 0 Å². The van der Waals surface area contributed by atoms with Gasteiger partial charge in [-0.1, -0.05) is 67.8 Å². The molecule has 1 saturated carbocycles. The molecule has 0 bridgehead atoms. The number of aliphatic carboxylic acids is 2. The van der Waals surface area contributed by atoms with Crippen LogP contribution in [0.5, 0.6) is 0 Å². The highest BCUT2D eigenvalue weighted by molar-refractivity contribution is 6.03. The summed E-state index contributed by atoms with van der Waals surface area (Å²) in [7, 11) is 0. The first-order valence-corrected chi connectivity index (χ1v) is 13.0. The van der Waals surface area contributed by atoms with Crippen LogP contribution in [0.15, 0.2) is 54.6 Å². The average Bonchev–Trinajstić information content (AvgIpc) is 3.33. The molecule has 2 atom stereocenters. The third-order valence-corrected chi connectivity index (χ3v) is 7.84. The van der Waals surface area contributed by atoms with Crippen LogP contribution in [0.1, 0.15) is 68.4 Å². The molecule has 2 aliphatic rings. The number of nitrogens with zero attached hydrogens (tertiary/aromatic N) is 1. The van der Waals surface area contributed by atoms with E-state index in [1.807, 2.05) is 42.5 Å². The molecule has 0 radical (unpaired) electrons. The Balaban J connectivity index is 1.46. The van der Waals surface area contributed by atoms with E-state index in [0.29, 0.717) is 50.6 Å². The maximum absolute atomic E-state index is 13.7. The molecule has 2 aromatic rings. The number of carbonyl (C=O) groups is 4. The smallest absolute Gasteiger partial charge is 0.323 e. The number of carboxylic acids is 2. The van der Waals surface area contributed by atoms with Gasteiger partial charge in [-0.2, -0.15) is 0 Å². The van der Waals surface area contributed by atoms with Crippen LogP contribution < -0.4 is 10.2 Å². The number of para-hydroxylation sites is 1. The van der Waals surface area contributed by atoms with E-state index in [2.05, 4.69) is 5.32 Å². The quantitative estimate of drug-likeness (QED) is 0.445. The highest BCUT2D eigenvalue weighted by Crippen LogP contribution is 2.43. The van der Waals surface area contributed by atoms with Gasteiger partial charge < -0.3 is 15.5 Å². The highest BCUT2D eigenvalue weighted by atomic mass is 16.4. The number of anilines is 1. The molecular weight excluding hydrogens is 472 g/mol. The van der Waals surface area contributed by atoms with E-state index in [9.17, 15) is 29.4 Å². The number of rotatable bonds is 10. The third-order valence-electron chi connectivity index (χ3n) is 7.84. The van der Waals surface area contributed by atoms with Crippen LogP contribution in [0.4, 0.5) is 5.69 Å². The van der Waals surface area contributed by atoms with Gasteiger partial charge in [-0.15, -0.1) is 0 Å². The highest BCUT2D eigenvalue weighted by Gasteiger charge is 2.43. The number of fused-ring (bicyclic) bond motifs is 1. The van der Waals surface area contributed by atoms with E-state index >= 15 is 0 Å². The molecule has 1 unspecified atom stereocenters. The summed E-state index contributed by atoms with van der Waals surface area (Å²) >= 11 is 0. The summed E-state index contributed by atoms with van der Waals surface area (Å²) in [6, 6.07) is 15.6. The minimum Gasteiger partial charge on any atom is -0.481 e. The monoisotopic (exact) mass is 506 g/mol. The van der Waals surface area contributed by atoms with E-state index in [1.54, 1.807) is 12.1 Å². The summed E-state index contributed by atoms with van der Waals surface area (Å²) in [5.74, 6) is -3.22. The standard InChI is InChI=1S/C29H34N2O6/c32-25(33)19-31-24-13-5-4-11-21(24)14-15-23(26(31)34)30-28(37)29(16-6-7-17-29)18-8-12-22(27(35)36)20-9-2-1-3-10-20/h1-5,9-11,13,22-23H,6-8,12,14-19H2,(H,30,37)(H,32,33)(H,35,36)/t22?,23-/m1/s1. The number of carboxylic acid groups (broad SMARTS) is 2. The third kappa shape index (κ3) is 6.01. The maximum atomic E-state index is 13.7. The van der Waals surface area contributed by atoms with Crippen molar-refractivity contribution >= 4 is 29.4 Å². The Morgan fingerprint density at radius 1 is 1.00 bits per heavy atom. The molecule has 8 nitrogen and oxygen atoms in total. The van der Waals surface area contributed by atoms with Crippen LogP contribution in [-0.2, 0) is 25.6 Å². The molecule has 1 aliphatic carbocycles. The molecular formula is C29H34N2O6. The van der Waals surface area contributed by atoms with Crippen LogP contribution >= 0.6 is 0 Å². The van der Waals surface area contributed by atoms with E-state index in [-0.39, 0.29) is 5.91 Å². The van der Waals surface area contributed by atoms with Crippen molar-refractivity contribution in [1.29, 1.82) is 0 Å². The molecule has 1 fully saturated rings. The van der Waals surface area contributed by atoms with E-state index in [4.69, 9.17) is 0 Å². The van der Waals surface area contributed by atoms with Crippen molar-refractivity contribution < 1.29 is 29.4 Å². The first-order valence-electron chi connectivity index (χ1n) is 13.0. The van der Waals surface area contributed by atoms with Gasteiger partial charge in [0.2, 0.25) is 11.8 Å². The van der Waals surface area contributed by atoms with Gasteiger partial charge in [0.1, 0.15) is 12.6 Å². The lowest BCUT2D eigenvalue weighted by atomic mass is 9.78. The number of carbonyl (C=O) groups excluding carboxylic acids is 2. The Hall–Kier alpha value is -3.68. The molecule has 1 aliphatic heterocycles. The van der Waals surface area contributed by atoms with E-state index in [1.165, 1.54) is 4.90 Å². The SMILES string of the molecule is O=C(O)CN1C(=O)[C@H](NC(=O)C2(CCCC(C(=O)O)c3ccccc3)CCCC2)CCc2ccccc21. The Labute approximate surface area is 216 Å². The van der Waals surface area contributed by atoms with Gasteiger partial charge in [0, 0.05) is 11.1 Å². The molecule has 196 valence electrons. The number of nitrogens with one attached hydrogen (secondary N) is 1.